The van der Waals surface area contributed by atoms with Crippen LogP contribution in [-0.4, -0.2) is 13.1 Å². The fourth-order valence-electron chi connectivity index (χ4n) is 0. The molecular formula is C3H9Cl3Si. The Balaban J connectivity index is 0. The normalized spacial score (nSPS) is 9.43. The molecule has 0 unspecified atom stereocenters. The van der Waals surface area contributed by atoms with Gasteiger partial charge in [0.15, 0.2) is 0 Å². The van der Waals surface area contributed by atoms with Crippen molar-refractivity contribution in [2.24, 2.45) is 0 Å². The Labute approximate surface area is 60.2 Å². The first-order valence-electron chi connectivity index (χ1n) is 1.76. The Hall–Kier alpha value is 1.09. The zero-order valence-corrected chi connectivity index (χ0v) is 7.90. The highest BCUT2D eigenvalue weighted by atomic mass is 35.7. The molecule has 0 aromatic heterocycles. The van der Waals surface area contributed by atoms with Gasteiger partial charge in [-0.2, -0.15) is 0 Å². The lowest BCUT2D eigenvalue weighted by atomic mass is 11.9. The molecule has 46 valence electrons. The molecule has 0 aromatic carbocycles. The minimum Gasteiger partial charge on any atom is -0.146 e. The highest BCUT2D eigenvalue weighted by molar-refractivity contribution is 7.44. The van der Waals surface area contributed by atoms with E-state index in [9.17, 15) is 0 Å². The van der Waals surface area contributed by atoms with Crippen LogP contribution in [0.15, 0.2) is 0 Å². The average Bonchev–Trinajstić information content (AvgIpc) is 1.36. The van der Waals surface area contributed by atoms with Crippen LogP contribution in [0.4, 0.5) is 0 Å². The SMILES string of the molecule is CCl.C[Si](C)(Cl)Cl. The van der Waals surface area contributed by atoms with Crippen molar-refractivity contribution in [2.75, 3.05) is 6.38 Å². The van der Waals surface area contributed by atoms with Crippen molar-refractivity contribution >= 4 is 40.5 Å². The lowest BCUT2D eigenvalue weighted by Gasteiger charge is -1.93. The van der Waals surface area contributed by atoms with Crippen molar-refractivity contribution < 1.29 is 0 Å². The number of alkyl halides is 1. The van der Waals surface area contributed by atoms with Gasteiger partial charge < -0.3 is 0 Å². The summed E-state index contributed by atoms with van der Waals surface area (Å²) in [5.74, 6) is 0. The monoisotopic (exact) mass is 178 g/mol. The van der Waals surface area contributed by atoms with Crippen LogP contribution in [0.5, 0.6) is 0 Å². The van der Waals surface area contributed by atoms with Gasteiger partial charge in [-0.05, 0) is 13.1 Å². The summed E-state index contributed by atoms with van der Waals surface area (Å²) in [6.45, 7) is 2.05. The molecule has 0 radical (unpaired) electrons. The summed E-state index contributed by atoms with van der Waals surface area (Å²) in [7, 11) is 0. The summed E-state index contributed by atoms with van der Waals surface area (Å²) >= 11 is 15.5. The number of hydrogen-bond donors (Lipinski definition) is 0. The van der Waals surface area contributed by atoms with E-state index in [0.717, 1.165) is 0 Å². The van der Waals surface area contributed by atoms with Crippen LogP contribution in [0.1, 0.15) is 0 Å². The van der Waals surface area contributed by atoms with Crippen LogP contribution < -0.4 is 0 Å². The Bertz CT molecular complexity index is 25.7. The first-order chi connectivity index (χ1) is 3.00. The molecule has 0 aliphatic rings. The number of hydrogen-bond acceptors (Lipinski definition) is 0. The largest absolute Gasteiger partial charge is 0.245 e. The molecule has 4 heteroatoms. The fourth-order valence-corrected chi connectivity index (χ4v) is 0. The quantitative estimate of drug-likeness (QED) is 0.305. The number of rotatable bonds is 0. The summed E-state index contributed by atoms with van der Waals surface area (Å²) in [5, 5.41) is 0. The van der Waals surface area contributed by atoms with Gasteiger partial charge in [-0.25, -0.2) is 0 Å². The summed E-state index contributed by atoms with van der Waals surface area (Å²) in [6, 6.07) is 0. The van der Waals surface area contributed by atoms with Gasteiger partial charge >= 0.3 is 0 Å². The van der Waals surface area contributed by atoms with Gasteiger partial charge in [0.05, 0.1) is 0 Å². The van der Waals surface area contributed by atoms with Crippen molar-refractivity contribution in [3.63, 3.8) is 0 Å². The number of halogens is 3. The summed E-state index contributed by atoms with van der Waals surface area (Å²) < 4.78 is 0. The molecule has 7 heavy (non-hydrogen) atoms. The third-order valence-electron chi connectivity index (χ3n) is 0. The van der Waals surface area contributed by atoms with E-state index < -0.39 is 6.69 Å². The molecule has 0 spiro atoms. The van der Waals surface area contributed by atoms with Gasteiger partial charge in [-0.3, -0.25) is 0 Å². The Morgan fingerprint density at radius 2 is 1.00 bits per heavy atom. The average molecular weight is 180 g/mol. The molecule has 0 aliphatic carbocycles. The standard InChI is InChI=1S/C2H6Cl2Si.CH3Cl/c1-5(2,3)4;1-2/h1-2H3;1H3. The maximum Gasteiger partial charge on any atom is 0.245 e. The molecule has 0 bridgehead atoms. The van der Waals surface area contributed by atoms with Gasteiger partial charge in [0.2, 0.25) is 6.69 Å². The first kappa shape index (κ1) is 11.0. The molecule has 0 fully saturated rings. The van der Waals surface area contributed by atoms with Crippen molar-refractivity contribution in [3.05, 3.63) is 0 Å². The Kier molecular flexibility index (Phi) is 8.19. The minimum absolute atomic E-state index is 1.47. The van der Waals surface area contributed by atoms with E-state index in [1.807, 2.05) is 13.1 Å². The fraction of sp³-hybridized carbons (Fsp3) is 1.00. The second kappa shape index (κ2) is 5.23. The van der Waals surface area contributed by atoms with E-state index >= 15 is 0 Å². The molecule has 0 atom stereocenters. The third kappa shape index (κ3) is 155. The molecular weight excluding hydrogens is 170 g/mol. The van der Waals surface area contributed by atoms with Crippen LogP contribution in [-0.2, 0) is 0 Å². The van der Waals surface area contributed by atoms with E-state index in [1.165, 1.54) is 6.38 Å². The van der Waals surface area contributed by atoms with Crippen molar-refractivity contribution in [1.82, 2.24) is 0 Å². The second-order valence-corrected chi connectivity index (χ2v) is 10.2. The lowest BCUT2D eigenvalue weighted by molar-refractivity contribution is 2.06. The molecule has 0 saturated heterocycles. The maximum absolute atomic E-state index is 5.43. The van der Waals surface area contributed by atoms with Gasteiger partial charge in [0.1, 0.15) is 0 Å². The Morgan fingerprint density at radius 3 is 1.00 bits per heavy atom. The molecule has 0 amide bonds. The molecule has 0 aromatic rings. The minimum atomic E-state index is -1.67. The Morgan fingerprint density at radius 1 is 1.00 bits per heavy atom. The van der Waals surface area contributed by atoms with E-state index in [1.54, 1.807) is 0 Å². The highest BCUT2D eigenvalue weighted by Gasteiger charge is 2.08. The second-order valence-electron chi connectivity index (χ2n) is 1.33. The molecule has 0 rings (SSSR count). The lowest BCUT2D eigenvalue weighted by Crippen LogP contribution is -2.02. The van der Waals surface area contributed by atoms with Crippen molar-refractivity contribution in [2.45, 2.75) is 13.1 Å². The van der Waals surface area contributed by atoms with Crippen molar-refractivity contribution in [3.8, 4) is 0 Å². The molecule has 0 saturated carbocycles. The van der Waals surface area contributed by atoms with Gasteiger partial charge in [0.25, 0.3) is 0 Å². The van der Waals surface area contributed by atoms with E-state index in [-0.39, 0.29) is 0 Å². The first-order valence-corrected chi connectivity index (χ1v) is 7.54. The van der Waals surface area contributed by atoms with Crippen LogP contribution in [0.3, 0.4) is 0 Å². The summed E-state index contributed by atoms with van der Waals surface area (Å²) in [4.78, 5) is 0. The predicted molar refractivity (Wildman–Crippen MR) is 41.0 cm³/mol. The molecule has 0 heterocycles. The highest BCUT2D eigenvalue weighted by Crippen LogP contribution is 2.10. The molecule has 0 aliphatic heterocycles. The van der Waals surface area contributed by atoms with Gasteiger partial charge in [-0.15, -0.1) is 33.8 Å². The van der Waals surface area contributed by atoms with Crippen molar-refractivity contribution in [1.29, 1.82) is 0 Å². The van der Waals surface area contributed by atoms with E-state index in [4.69, 9.17) is 22.2 Å². The van der Waals surface area contributed by atoms with Gasteiger partial charge in [-0.1, -0.05) is 0 Å². The van der Waals surface area contributed by atoms with Crippen LogP contribution in [0, 0.1) is 0 Å². The maximum atomic E-state index is 5.43. The molecule has 0 nitrogen and oxygen atoms in total. The third-order valence-corrected chi connectivity index (χ3v) is 0. The van der Waals surface area contributed by atoms with Crippen LogP contribution in [0.25, 0.3) is 0 Å². The van der Waals surface area contributed by atoms with Crippen LogP contribution >= 0.6 is 33.8 Å². The van der Waals surface area contributed by atoms with E-state index in [0.29, 0.717) is 0 Å². The smallest absolute Gasteiger partial charge is 0.146 e. The predicted octanol–water partition coefficient (Wildman–Crippen LogP) is 3.02. The van der Waals surface area contributed by atoms with Crippen LogP contribution in [0.2, 0.25) is 13.1 Å². The van der Waals surface area contributed by atoms with Gasteiger partial charge in [0, 0.05) is 6.38 Å². The topological polar surface area (TPSA) is 0 Å². The summed E-state index contributed by atoms with van der Waals surface area (Å²) in [6.07, 6.45) is 1.47. The zero-order chi connectivity index (χ0) is 6.50. The molecule has 0 N–H and O–H groups in total. The zero-order valence-electron chi connectivity index (χ0n) is 4.63. The van der Waals surface area contributed by atoms with E-state index in [2.05, 4.69) is 11.6 Å². The summed E-state index contributed by atoms with van der Waals surface area (Å²) in [5.41, 5.74) is 0.